The lowest BCUT2D eigenvalue weighted by Gasteiger charge is -2.09. The van der Waals surface area contributed by atoms with Gasteiger partial charge in [-0.3, -0.25) is 0 Å². The summed E-state index contributed by atoms with van der Waals surface area (Å²) in [6, 6.07) is 5.90. The Labute approximate surface area is 118 Å². The lowest BCUT2D eigenvalue weighted by atomic mass is 10.2. The van der Waals surface area contributed by atoms with Crippen LogP contribution >= 0.6 is 23.2 Å². The predicted molar refractivity (Wildman–Crippen MR) is 72.1 cm³/mol. The van der Waals surface area contributed by atoms with Gasteiger partial charge in [0.05, 0.1) is 15.6 Å². The Morgan fingerprint density at radius 3 is 2.63 bits per heavy atom. The standard InChI is InChI=1S/C12H8Cl2N2O3/c13-8-2-1-6(5-9(8)14)19-11-10(15)7(12(17)18)3-4-16-11/h1-5H,15H2,(H,17,18). The van der Waals surface area contributed by atoms with Crippen molar-refractivity contribution in [1.82, 2.24) is 4.98 Å². The summed E-state index contributed by atoms with van der Waals surface area (Å²) in [5.74, 6) is -0.798. The van der Waals surface area contributed by atoms with Crippen molar-refractivity contribution in [3.05, 3.63) is 46.1 Å². The molecule has 98 valence electrons. The second-order valence-electron chi connectivity index (χ2n) is 3.56. The molecule has 1 aromatic heterocycles. The van der Waals surface area contributed by atoms with Crippen molar-refractivity contribution in [3.8, 4) is 11.6 Å². The van der Waals surface area contributed by atoms with E-state index in [-0.39, 0.29) is 17.1 Å². The number of aromatic carboxylic acids is 1. The van der Waals surface area contributed by atoms with Gasteiger partial charge in [0.2, 0.25) is 5.88 Å². The number of hydrogen-bond donors (Lipinski definition) is 2. The SMILES string of the molecule is Nc1c(C(=O)O)ccnc1Oc1ccc(Cl)c(Cl)c1. The number of nitrogen functional groups attached to an aromatic ring is 1. The van der Waals surface area contributed by atoms with Crippen LogP contribution in [0, 0.1) is 0 Å². The number of benzene rings is 1. The van der Waals surface area contributed by atoms with E-state index in [0.717, 1.165) is 0 Å². The molecule has 0 saturated carbocycles. The van der Waals surface area contributed by atoms with Gasteiger partial charge in [-0.05, 0) is 18.2 Å². The number of ether oxygens (including phenoxy) is 1. The highest BCUT2D eigenvalue weighted by molar-refractivity contribution is 6.42. The highest BCUT2D eigenvalue weighted by Gasteiger charge is 2.14. The van der Waals surface area contributed by atoms with Crippen LogP contribution in [0.15, 0.2) is 30.5 Å². The first-order chi connectivity index (χ1) is 8.99. The van der Waals surface area contributed by atoms with Crippen molar-refractivity contribution in [2.24, 2.45) is 0 Å². The minimum absolute atomic E-state index is 0.00158. The first-order valence-corrected chi connectivity index (χ1v) is 5.85. The summed E-state index contributed by atoms with van der Waals surface area (Å²) >= 11 is 11.6. The van der Waals surface area contributed by atoms with Crippen molar-refractivity contribution in [3.63, 3.8) is 0 Å². The van der Waals surface area contributed by atoms with Crippen LogP contribution in [0.5, 0.6) is 11.6 Å². The van der Waals surface area contributed by atoms with Gasteiger partial charge in [-0.25, -0.2) is 9.78 Å². The van der Waals surface area contributed by atoms with Crippen LogP contribution in [-0.4, -0.2) is 16.1 Å². The van der Waals surface area contributed by atoms with Gasteiger partial charge in [0.25, 0.3) is 0 Å². The summed E-state index contributed by atoms with van der Waals surface area (Å²) in [6.07, 6.45) is 1.30. The smallest absolute Gasteiger partial charge is 0.338 e. The van der Waals surface area contributed by atoms with E-state index in [1.807, 2.05) is 0 Å². The van der Waals surface area contributed by atoms with E-state index in [9.17, 15) is 4.79 Å². The summed E-state index contributed by atoms with van der Waals surface area (Å²) in [4.78, 5) is 14.8. The van der Waals surface area contributed by atoms with E-state index in [1.165, 1.54) is 18.3 Å². The topological polar surface area (TPSA) is 85.4 Å². The third kappa shape index (κ3) is 2.89. The van der Waals surface area contributed by atoms with Crippen LogP contribution in [0.1, 0.15) is 10.4 Å². The summed E-state index contributed by atoms with van der Waals surface area (Å²) in [5, 5.41) is 9.63. The fourth-order valence-electron chi connectivity index (χ4n) is 1.37. The van der Waals surface area contributed by atoms with Gasteiger partial charge < -0.3 is 15.6 Å². The molecule has 0 amide bonds. The molecule has 1 aromatic carbocycles. The van der Waals surface area contributed by atoms with Gasteiger partial charge in [-0.15, -0.1) is 0 Å². The van der Waals surface area contributed by atoms with Crippen LogP contribution in [0.25, 0.3) is 0 Å². The number of rotatable bonds is 3. The summed E-state index contributed by atoms with van der Waals surface area (Å²) in [7, 11) is 0. The van der Waals surface area contributed by atoms with Gasteiger partial charge >= 0.3 is 5.97 Å². The van der Waals surface area contributed by atoms with Crippen molar-refractivity contribution < 1.29 is 14.6 Å². The Hall–Kier alpha value is -1.98. The molecule has 19 heavy (non-hydrogen) atoms. The summed E-state index contributed by atoms with van der Waals surface area (Å²) in [5.41, 5.74) is 5.54. The monoisotopic (exact) mass is 298 g/mol. The molecule has 2 rings (SSSR count). The van der Waals surface area contributed by atoms with Gasteiger partial charge in [0.1, 0.15) is 11.4 Å². The fourth-order valence-corrected chi connectivity index (χ4v) is 1.66. The molecule has 0 radical (unpaired) electrons. The highest BCUT2D eigenvalue weighted by atomic mass is 35.5. The molecule has 0 aliphatic heterocycles. The Kier molecular flexibility index (Phi) is 3.78. The molecule has 1 heterocycles. The second kappa shape index (κ2) is 5.34. The molecule has 0 saturated heterocycles. The number of hydrogen-bond acceptors (Lipinski definition) is 4. The maximum Gasteiger partial charge on any atom is 0.338 e. The van der Waals surface area contributed by atoms with Gasteiger partial charge in [-0.1, -0.05) is 23.2 Å². The van der Waals surface area contributed by atoms with Gasteiger partial charge in [0.15, 0.2) is 0 Å². The lowest BCUT2D eigenvalue weighted by molar-refractivity contribution is 0.0697. The molecule has 3 N–H and O–H groups in total. The van der Waals surface area contributed by atoms with E-state index >= 15 is 0 Å². The van der Waals surface area contributed by atoms with Crippen LogP contribution in [0.3, 0.4) is 0 Å². The van der Waals surface area contributed by atoms with E-state index < -0.39 is 5.97 Å². The summed E-state index contributed by atoms with van der Waals surface area (Å²) < 4.78 is 5.39. The van der Waals surface area contributed by atoms with E-state index in [1.54, 1.807) is 12.1 Å². The molecule has 2 aromatic rings. The maximum atomic E-state index is 10.9. The molecule has 0 bridgehead atoms. The number of carboxylic acids is 1. The Bertz CT molecular complexity index is 647. The van der Waals surface area contributed by atoms with Gasteiger partial charge in [0, 0.05) is 12.3 Å². The van der Waals surface area contributed by atoms with E-state index in [0.29, 0.717) is 15.8 Å². The van der Waals surface area contributed by atoms with Crippen LogP contribution in [0.4, 0.5) is 5.69 Å². The molecule has 0 fully saturated rings. The van der Waals surface area contributed by atoms with Crippen molar-refractivity contribution in [1.29, 1.82) is 0 Å². The zero-order valence-electron chi connectivity index (χ0n) is 9.43. The van der Waals surface area contributed by atoms with Crippen LogP contribution in [0.2, 0.25) is 10.0 Å². The third-order valence-corrected chi connectivity index (χ3v) is 3.03. The zero-order valence-corrected chi connectivity index (χ0v) is 10.9. The molecule has 0 atom stereocenters. The molecular formula is C12H8Cl2N2O3. The number of halogens is 2. The number of anilines is 1. The van der Waals surface area contributed by atoms with Crippen molar-refractivity contribution in [2.45, 2.75) is 0 Å². The quantitative estimate of drug-likeness (QED) is 0.906. The maximum absolute atomic E-state index is 10.9. The lowest BCUT2D eigenvalue weighted by Crippen LogP contribution is -2.05. The first-order valence-electron chi connectivity index (χ1n) is 5.09. The Morgan fingerprint density at radius 2 is 2.00 bits per heavy atom. The third-order valence-electron chi connectivity index (χ3n) is 2.29. The Morgan fingerprint density at radius 1 is 1.26 bits per heavy atom. The number of nitrogens with zero attached hydrogens (tertiary/aromatic N) is 1. The van der Waals surface area contributed by atoms with Crippen molar-refractivity contribution >= 4 is 34.9 Å². The number of pyridine rings is 1. The fraction of sp³-hybridized carbons (Fsp3) is 0. The van der Waals surface area contributed by atoms with Crippen LogP contribution < -0.4 is 10.5 Å². The van der Waals surface area contributed by atoms with E-state index in [4.69, 9.17) is 38.8 Å². The second-order valence-corrected chi connectivity index (χ2v) is 4.37. The molecule has 0 unspecified atom stereocenters. The van der Waals surface area contributed by atoms with E-state index in [2.05, 4.69) is 4.98 Å². The molecular weight excluding hydrogens is 291 g/mol. The summed E-state index contributed by atoms with van der Waals surface area (Å²) in [6.45, 7) is 0. The minimum atomic E-state index is -1.15. The first kappa shape index (κ1) is 13.5. The number of nitrogens with two attached hydrogens (primary N) is 1. The minimum Gasteiger partial charge on any atom is -0.478 e. The average molecular weight is 299 g/mol. The molecule has 0 aliphatic carbocycles. The van der Waals surface area contributed by atoms with Crippen molar-refractivity contribution in [2.75, 3.05) is 5.73 Å². The Balaban J connectivity index is 2.35. The number of carbonyl (C=O) groups is 1. The number of carboxylic acid groups (broad SMARTS) is 1. The predicted octanol–water partition coefficient (Wildman–Crippen LogP) is 3.46. The molecule has 7 heteroatoms. The normalized spacial score (nSPS) is 10.2. The van der Waals surface area contributed by atoms with Crippen LogP contribution in [-0.2, 0) is 0 Å². The van der Waals surface area contributed by atoms with Gasteiger partial charge in [-0.2, -0.15) is 0 Å². The zero-order chi connectivity index (χ0) is 14.0. The largest absolute Gasteiger partial charge is 0.478 e. The molecule has 5 nitrogen and oxygen atoms in total. The molecule has 0 spiro atoms. The molecule has 0 aliphatic rings. The number of aromatic nitrogens is 1. The average Bonchev–Trinajstić information content (AvgIpc) is 2.36. The highest BCUT2D eigenvalue weighted by Crippen LogP contribution is 2.31.